The monoisotopic (exact) mass is 396 g/mol. The maximum Gasteiger partial charge on any atom is 0.205 e. The fourth-order valence-electron chi connectivity index (χ4n) is 2.50. The van der Waals surface area contributed by atoms with E-state index in [1.165, 1.54) is 11.3 Å². The van der Waals surface area contributed by atoms with Gasteiger partial charge in [0.2, 0.25) is 5.13 Å². The van der Waals surface area contributed by atoms with E-state index < -0.39 is 0 Å². The Morgan fingerprint density at radius 3 is 2.78 bits per heavy atom. The van der Waals surface area contributed by atoms with E-state index in [-0.39, 0.29) is 0 Å². The number of nitrogens with one attached hydrogen (secondary N) is 1. The molecule has 124 valence electrons. The van der Waals surface area contributed by atoms with Gasteiger partial charge in [-0.05, 0) is 17.7 Å². The van der Waals surface area contributed by atoms with E-state index >= 15 is 0 Å². The Kier molecular flexibility index (Phi) is 5.50. The van der Waals surface area contributed by atoms with Crippen LogP contribution >= 0.6 is 27.3 Å². The smallest absolute Gasteiger partial charge is 0.205 e. The Morgan fingerprint density at radius 1 is 1.30 bits per heavy atom. The van der Waals surface area contributed by atoms with E-state index in [1.807, 2.05) is 0 Å². The number of ether oxygens (including phenoxy) is 1. The van der Waals surface area contributed by atoms with Crippen LogP contribution < -0.4 is 10.2 Å². The summed E-state index contributed by atoms with van der Waals surface area (Å²) in [7, 11) is 0. The Hall–Kier alpha value is -1.18. The van der Waals surface area contributed by atoms with Crippen molar-refractivity contribution < 1.29 is 4.74 Å². The lowest BCUT2D eigenvalue weighted by Crippen LogP contribution is -2.36. The minimum Gasteiger partial charge on any atom is -0.378 e. The molecule has 1 aliphatic rings. The van der Waals surface area contributed by atoms with E-state index in [9.17, 15) is 0 Å². The summed E-state index contributed by atoms with van der Waals surface area (Å²) in [6, 6.07) is 6.43. The highest BCUT2D eigenvalue weighted by Crippen LogP contribution is 2.28. The Labute approximate surface area is 149 Å². The highest BCUT2D eigenvalue weighted by molar-refractivity contribution is 9.10. The summed E-state index contributed by atoms with van der Waals surface area (Å²) < 4.78 is 6.56. The zero-order valence-electron chi connectivity index (χ0n) is 13.4. The SMILES string of the molecule is CC(C)c1nnc(NCc2ccc(Br)cc2N2CCOCC2)s1. The number of benzene rings is 1. The molecule has 0 spiro atoms. The van der Waals surface area contributed by atoms with Crippen molar-refractivity contribution in [3.05, 3.63) is 33.2 Å². The average molecular weight is 397 g/mol. The van der Waals surface area contributed by atoms with Crippen LogP contribution in [0.2, 0.25) is 0 Å². The third-order valence-electron chi connectivity index (χ3n) is 3.76. The van der Waals surface area contributed by atoms with Crippen molar-refractivity contribution in [1.29, 1.82) is 0 Å². The summed E-state index contributed by atoms with van der Waals surface area (Å²) in [5.74, 6) is 0.416. The summed E-state index contributed by atoms with van der Waals surface area (Å²) in [5, 5.41) is 13.8. The lowest BCUT2D eigenvalue weighted by molar-refractivity contribution is 0.122. The maximum atomic E-state index is 5.46. The van der Waals surface area contributed by atoms with Crippen LogP contribution in [0.15, 0.2) is 22.7 Å². The second-order valence-corrected chi connectivity index (χ2v) is 7.75. The second-order valence-electron chi connectivity index (χ2n) is 5.83. The maximum absolute atomic E-state index is 5.46. The first kappa shape index (κ1) is 16.7. The average Bonchev–Trinajstić information content (AvgIpc) is 3.04. The van der Waals surface area contributed by atoms with Crippen LogP contribution in [0.5, 0.6) is 0 Å². The fourth-order valence-corrected chi connectivity index (χ4v) is 3.59. The van der Waals surface area contributed by atoms with Crippen LogP contribution in [0.1, 0.15) is 30.3 Å². The second kappa shape index (κ2) is 7.59. The number of halogens is 1. The normalized spacial score (nSPS) is 15.2. The summed E-state index contributed by atoms with van der Waals surface area (Å²) >= 11 is 5.21. The van der Waals surface area contributed by atoms with E-state index in [0.717, 1.165) is 47.5 Å². The van der Waals surface area contributed by atoms with E-state index in [4.69, 9.17) is 4.74 Å². The standard InChI is InChI=1S/C16H21BrN4OS/c1-11(2)15-19-20-16(23-15)18-10-12-3-4-13(17)9-14(12)21-5-7-22-8-6-21/h3-4,9,11H,5-8,10H2,1-2H3,(H,18,20). The molecule has 0 aliphatic carbocycles. The molecule has 5 nitrogen and oxygen atoms in total. The molecule has 3 rings (SSSR count). The molecular formula is C16H21BrN4OS. The van der Waals surface area contributed by atoms with Crippen LogP contribution in [-0.2, 0) is 11.3 Å². The number of anilines is 2. The quantitative estimate of drug-likeness (QED) is 0.830. The zero-order chi connectivity index (χ0) is 16.2. The molecular weight excluding hydrogens is 376 g/mol. The molecule has 1 fully saturated rings. The number of hydrogen-bond donors (Lipinski definition) is 1. The highest BCUT2D eigenvalue weighted by Gasteiger charge is 2.15. The Bertz CT molecular complexity index is 655. The summed E-state index contributed by atoms with van der Waals surface area (Å²) in [6.45, 7) is 8.44. The van der Waals surface area contributed by atoms with Gasteiger partial charge in [0.05, 0.1) is 13.2 Å². The van der Waals surface area contributed by atoms with Gasteiger partial charge in [-0.3, -0.25) is 0 Å². The molecule has 2 aromatic rings. The van der Waals surface area contributed by atoms with Crippen molar-refractivity contribution >= 4 is 38.1 Å². The third-order valence-corrected chi connectivity index (χ3v) is 5.44. The first-order valence-electron chi connectivity index (χ1n) is 7.82. The lowest BCUT2D eigenvalue weighted by atomic mass is 10.1. The molecule has 0 saturated carbocycles. The van der Waals surface area contributed by atoms with Gasteiger partial charge in [-0.2, -0.15) is 0 Å². The number of aromatic nitrogens is 2. The predicted octanol–water partition coefficient (Wildman–Crippen LogP) is 3.87. The van der Waals surface area contributed by atoms with Gasteiger partial charge in [-0.1, -0.05) is 47.2 Å². The van der Waals surface area contributed by atoms with Crippen molar-refractivity contribution in [1.82, 2.24) is 10.2 Å². The first-order valence-corrected chi connectivity index (χ1v) is 9.43. The summed E-state index contributed by atoms with van der Waals surface area (Å²) in [5.41, 5.74) is 2.51. The molecule has 1 saturated heterocycles. The fraction of sp³-hybridized carbons (Fsp3) is 0.500. The lowest BCUT2D eigenvalue weighted by Gasteiger charge is -2.30. The number of hydrogen-bond acceptors (Lipinski definition) is 6. The molecule has 0 atom stereocenters. The predicted molar refractivity (Wildman–Crippen MR) is 98.5 cm³/mol. The van der Waals surface area contributed by atoms with Gasteiger partial charge in [0.15, 0.2) is 0 Å². The minimum atomic E-state index is 0.416. The molecule has 0 bridgehead atoms. The highest BCUT2D eigenvalue weighted by atomic mass is 79.9. The molecule has 1 aliphatic heterocycles. The van der Waals surface area contributed by atoms with Crippen molar-refractivity contribution in [2.24, 2.45) is 0 Å². The van der Waals surface area contributed by atoms with Gasteiger partial charge in [0, 0.05) is 35.7 Å². The first-order chi connectivity index (χ1) is 11.1. The summed E-state index contributed by atoms with van der Waals surface area (Å²) in [6.07, 6.45) is 0. The van der Waals surface area contributed by atoms with Gasteiger partial charge in [0.25, 0.3) is 0 Å². The van der Waals surface area contributed by atoms with Crippen molar-refractivity contribution in [2.75, 3.05) is 36.5 Å². The van der Waals surface area contributed by atoms with E-state index in [2.05, 4.69) is 68.4 Å². The van der Waals surface area contributed by atoms with Gasteiger partial charge >= 0.3 is 0 Å². The van der Waals surface area contributed by atoms with Crippen LogP contribution in [-0.4, -0.2) is 36.5 Å². The third kappa shape index (κ3) is 4.22. The zero-order valence-corrected chi connectivity index (χ0v) is 15.8. The van der Waals surface area contributed by atoms with Crippen LogP contribution in [0.25, 0.3) is 0 Å². The van der Waals surface area contributed by atoms with Gasteiger partial charge < -0.3 is 15.0 Å². The van der Waals surface area contributed by atoms with E-state index in [1.54, 1.807) is 11.3 Å². The van der Waals surface area contributed by atoms with Crippen molar-refractivity contribution in [3.8, 4) is 0 Å². The molecule has 1 aromatic carbocycles. The molecule has 1 aromatic heterocycles. The van der Waals surface area contributed by atoms with E-state index in [0.29, 0.717) is 5.92 Å². The van der Waals surface area contributed by atoms with Crippen molar-refractivity contribution in [2.45, 2.75) is 26.3 Å². The van der Waals surface area contributed by atoms with Gasteiger partial charge in [-0.15, -0.1) is 10.2 Å². The van der Waals surface area contributed by atoms with Crippen LogP contribution in [0.3, 0.4) is 0 Å². The minimum absolute atomic E-state index is 0.416. The van der Waals surface area contributed by atoms with Gasteiger partial charge in [-0.25, -0.2) is 0 Å². The Morgan fingerprint density at radius 2 is 2.09 bits per heavy atom. The molecule has 0 unspecified atom stereocenters. The summed E-state index contributed by atoms with van der Waals surface area (Å²) in [4.78, 5) is 2.38. The number of nitrogens with zero attached hydrogens (tertiary/aromatic N) is 3. The molecule has 7 heteroatoms. The molecule has 0 radical (unpaired) electrons. The molecule has 0 amide bonds. The largest absolute Gasteiger partial charge is 0.378 e. The van der Waals surface area contributed by atoms with Crippen LogP contribution in [0.4, 0.5) is 10.8 Å². The Balaban J connectivity index is 1.73. The number of morpholine rings is 1. The van der Waals surface area contributed by atoms with Gasteiger partial charge in [0.1, 0.15) is 5.01 Å². The molecule has 1 N–H and O–H groups in total. The topological polar surface area (TPSA) is 50.3 Å². The number of rotatable bonds is 5. The van der Waals surface area contributed by atoms with Crippen molar-refractivity contribution in [3.63, 3.8) is 0 Å². The van der Waals surface area contributed by atoms with Crippen LogP contribution in [0, 0.1) is 0 Å². The molecule has 23 heavy (non-hydrogen) atoms. The molecule has 2 heterocycles.